The van der Waals surface area contributed by atoms with Gasteiger partial charge in [0.2, 0.25) is 0 Å². The van der Waals surface area contributed by atoms with Gasteiger partial charge < -0.3 is 9.84 Å². The van der Waals surface area contributed by atoms with Gasteiger partial charge in [-0.05, 0) is 6.42 Å². The van der Waals surface area contributed by atoms with E-state index in [1.54, 1.807) is 0 Å². The predicted molar refractivity (Wildman–Crippen MR) is 62.9 cm³/mol. The lowest BCUT2D eigenvalue weighted by molar-refractivity contribution is -0.147. The minimum Gasteiger partial charge on any atom is -0.479 e. The number of hydrogen-bond donors (Lipinski definition) is 2. The summed E-state index contributed by atoms with van der Waals surface area (Å²) in [7, 11) is -0.970. The molecule has 0 aromatic carbocycles. The van der Waals surface area contributed by atoms with E-state index in [2.05, 4.69) is 9.46 Å². The first-order valence-corrected chi connectivity index (χ1v) is 6.75. The van der Waals surface area contributed by atoms with Crippen LogP contribution in [0.4, 0.5) is 0 Å². The lowest BCUT2D eigenvalue weighted by Gasteiger charge is -2.18. The molecule has 0 aromatic heterocycles. The van der Waals surface area contributed by atoms with Crippen LogP contribution in [-0.2, 0) is 19.7 Å². The Morgan fingerprint density at radius 1 is 1.53 bits per heavy atom. The summed E-state index contributed by atoms with van der Waals surface area (Å²) in [5.74, 6) is -1.20. The van der Waals surface area contributed by atoms with Crippen molar-refractivity contribution >= 4 is 16.2 Å². The Morgan fingerprint density at radius 3 is 2.53 bits per heavy atom. The maximum atomic E-state index is 11.6. The fourth-order valence-corrected chi connectivity index (χ4v) is 2.02. The molecule has 0 spiro atoms. The van der Waals surface area contributed by atoms with Crippen molar-refractivity contribution in [2.75, 3.05) is 27.2 Å². The van der Waals surface area contributed by atoms with Crippen LogP contribution in [0.15, 0.2) is 0 Å². The molecule has 0 aromatic rings. The monoisotopic (exact) mass is 268 g/mol. The Kier molecular flexibility index (Phi) is 7.28. The maximum absolute atomic E-state index is 11.6. The summed E-state index contributed by atoms with van der Waals surface area (Å²) in [6, 6.07) is 0. The molecule has 17 heavy (non-hydrogen) atoms. The Hall–Kier alpha value is -0.700. The van der Waals surface area contributed by atoms with Gasteiger partial charge in [-0.25, -0.2) is 4.79 Å². The van der Waals surface area contributed by atoms with Crippen LogP contribution in [0.2, 0.25) is 0 Å². The number of carbonyl (C=O) groups is 1. The van der Waals surface area contributed by atoms with Crippen molar-refractivity contribution in [3.63, 3.8) is 0 Å². The zero-order chi connectivity index (χ0) is 13.5. The zero-order valence-electron chi connectivity index (χ0n) is 10.3. The quantitative estimate of drug-likeness (QED) is 0.596. The molecule has 0 aliphatic carbocycles. The van der Waals surface area contributed by atoms with Gasteiger partial charge in [0.25, 0.3) is 10.2 Å². The molecule has 1 unspecified atom stereocenters. The number of hydrogen-bond acceptors (Lipinski definition) is 4. The van der Waals surface area contributed by atoms with Crippen LogP contribution >= 0.6 is 0 Å². The van der Waals surface area contributed by atoms with Gasteiger partial charge in [-0.1, -0.05) is 13.3 Å². The van der Waals surface area contributed by atoms with Crippen molar-refractivity contribution in [1.29, 1.82) is 0 Å². The van der Waals surface area contributed by atoms with E-state index in [0.29, 0.717) is 6.54 Å². The molecule has 0 radical (unpaired) electrons. The SMILES string of the molecule is CCCCN(C)S(=O)(=O)NCC(OC)C(=O)O. The van der Waals surface area contributed by atoms with Crippen molar-refractivity contribution < 1.29 is 23.1 Å². The first-order chi connectivity index (χ1) is 7.85. The number of nitrogens with zero attached hydrogens (tertiary/aromatic N) is 1. The molecule has 7 nitrogen and oxygen atoms in total. The number of carboxylic acids is 1. The number of rotatable bonds is 9. The third kappa shape index (κ3) is 5.97. The molecule has 0 fully saturated rings. The van der Waals surface area contributed by atoms with E-state index in [9.17, 15) is 13.2 Å². The molecule has 0 rings (SSSR count). The molecule has 0 saturated heterocycles. The summed E-state index contributed by atoms with van der Waals surface area (Å²) < 4.78 is 31.3. The van der Waals surface area contributed by atoms with E-state index >= 15 is 0 Å². The third-order valence-electron chi connectivity index (χ3n) is 2.25. The van der Waals surface area contributed by atoms with Gasteiger partial charge in [0, 0.05) is 27.2 Å². The summed E-state index contributed by atoms with van der Waals surface area (Å²) in [6.07, 6.45) is 0.462. The standard InChI is InChI=1S/C9H20N2O5S/c1-4-5-6-11(2)17(14,15)10-7-8(16-3)9(12)13/h8,10H,4-7H2,1-3H3,(H,12,13). The average molecular weight is 268 g/mol. The fourth-order valence-electron chi connectivity index (χ4n) is 1.06. The normalized spacial score (nSPS) is 13.9. The molecule has 0 aliphatic rings. The fraction of sp³-hybridized carbons (Fsp3) is 0.889. The van der Waals surface area contributed by atoms with Crippen LogP contribution in [0.1, 0.15) is 19.8 Å². The largest absolute Gasteiger partial charge is 0.479 e. The van der Waals surface area contributed by atoms with E-state index in [4.69, 9.17) is 5.11 Å². The summed E-state index contributed by atoms with van der Waals surface area (Å²) in [5, 5.41) is 8.68. The molecule has 2 N–H and O–H groups in total. The molecule has 1 atom stereocenters. The van der Waals surface area contributed by atoms with Crippen molar-refractivity contribution in [3.05, 3.63) is 0 Å². The van der Waals surface area contributed by atoms with E-state index < -0.39 is 22.3 Å². The van der Waals surface area contributed by atoms with Gasteiger partial charge in [-0.2, -0.15) is 17.4 Å². The number of carboxylic acid groups (broad SMARTS) is 1. The number of ether oxygens (including phenoxy) is 1. The first kappa shape index (κ1) is 16.3. The summed E-state index contributed by atoms with van der Waals surface area (Å²) in [4.78, 5) is 10.6. The van der Waals surface area contributed by atoms with Crippen LogP contribution in [0.5, 0.6) is 0 Å². The smallest absolute Gasteiger partial charge is 0.334 e. The van der Waals surface area contributed by atoms with Crippen LogP contribution < -0.4 is 4.72 Å². The molecular weight excluding hydrogens is 248 g/mol. The highest BCUT2D eigenvalue weighted by molar-refractivity contribution is 7.87. The van der Waals surface area contributed by atoms with Crippen LogP contribution in [0.3, 0.4) is 0 Å². The van der Waals surface area contributed by atoms with Crippen LogP contribution in [0.25, 0.3) is 0 Å². The van der Waals surface area contributed by atoms with E-state index in [-0.39, 0.29) is 6.54 Å². The van der Waals surface area contributed by atoms with Gasteiger partial charge in [0.05, 0.1) is 0 Å². The topological polar surface area (TPSA) is 95.9 Å². The number of methoxy groups -OCH3 is 1. The number of aliphatic carboxylic acids is 1. The van der Waals surface area contributed by atoms with Gasteiger partial charge in [0.1, 0.15) is 0 Å². The molecule has 0 amide bonds. The second kappa shape index (κ2) is 7.59. The minimum atomic E-state index is -3.63. The minimum absolute atomic E-state index is 0.287. The predicted octanol–water partition coefficient (Wildman–Crippen LogP) is -0.348. The van der Waals surface area contributed by atoms with Gasteiger partial charge in [0.15, 0.2) is 6.10 Å². The molecule has 0 bridgehead atoms. The highest BCUT2D eigenvalue weighted by Gasteiger charge is 2.22. The van der Waals surface area contributed by atoms with Gasteiger partial charge >= 0.3 is 5.97 Å². The second-order valence-corrected chi connectivity index (χ2v) is 5.45. The lowest BCUT2D eigenvalue weighted by Crippen LogP contribution is -2.44. The molecular formula is C9H20N2O5S. The van der Waals surface area contributed by atoms with Gasteiger partial charge in [-0.3, -0.25) is 0 Å². The summed E-state index contributed by atoms with van der Waals surface area (Å²) >= 11 is 0. The molecule has 102 valence electrons. The number of unbranched alkanes of at least 4 members (excludes halogenated alkanes) is 1. The summed E-state index contributed by atoms with van der Waals surface area (Å²) in [6.45, 7) is 2.07. The second-order valence-electron chi connectivity index (χ2n) is 3.59. The van der Waals surface area contributed by atoms with Crippen LogP contribution in [-0.4, -0.2) is 57.1 Å². The van der Waals surface area contributed by atoms with Gasteiger partial charge in [-0.15, -0.1) is 0 Å². The first-order valence-electron chi connectivity index (χ1n) is 5.31. The van der Waals surface area contributed by atoms with Crippen molar-refractivity contribution in [2.45, 2.75) is 25.9 Å². The maximum Gasteiger partial charge on any atom is 0.334 e. The molecule has 0 aliphatic heterocycles. The van der Waals surface area contributed by atoms with E-state index in [1.807, 2.05) is 6.92 Å². The molecule has 8 heteroatoms. The summed E-state index contributed by atoms with van der Waals surface area (Å²) in [5.41, 5.74) is 0. The Bertz CT molecular complexity index is 330. The lowest BCUT2D eigenvalue weighted by atomic mass is 10.3. The zero-order valence-corrected chi connectivity index (χ0v) is 11.2. The van der Waals surface area contributed by atoms with Crippen LogP contribution in [0, 0.1) is 0 Å². The highest BCUT2D eigenvalue weighted by atomic mass is 32.2. The molecule has 0 heterocycles. The van der Waals surface area contributed by atoms with E-state index in [0.717, 1.165) is 17.1 Å². The van der Waals surface area contributed by atoms with Crippen molar-refractivity contribution in [1.82, 2.24) is 9.03 Å². The number of nitrogens with one attached hydrogen (secondary N) is 1. The highest BCUT2D eigenvalue weighted by Crippen LogP contribution is 1.99. The average Bonchev–Trinajstić information content (AvgIpc) is 2.25. The van der Waals surface area contributed by atoms with E-state index in [1.165, 1.54) is 14.2 Å². The third-order valence-corrected chi connectivity index (χ3v) is 3.78. The Balaban J connectivity index is 4.30. The molecule has 0 saturated carbocycles. The van der Waals surface area contributed by atoms with Crippen molar-refractivity contribution in [3.8, 4) is 0 Å². The Labute approximate surface area is 102 Å². The van der Waals surface area contributed by atoms with Crippen molar-refractivity contribution in [2.24, 2.45) is 0 Å². The Morgan fingerprint density at radius 2 is 2.12 bits per heavy atom.